The highest BCUT2D eigenvalue weighted by atomic mass is 15.1. The van der Waals surface area contributed by atoms with Crippen LogP contribution in [0.1, 0.15) is 50.4 Å². The second-order valence-electron chi connectivity index (χ2n) is 5.87. The molecule has 0 saturated carbocycles. The standard InChI is InChI=1S/C16H27N3/c1-13(2)19(3)12-5-4-10-17-15-9-8-14-7-6-11-18-16(14)15/h6-7,11,13,15,17H,4-5,8-10,12H2,1-3H3. The minimum atomic E-state index is 0.485. The van der Waals surface area contributed by atoms with Gasteiger partial charge in [-0.25, -0.2) is 0 Å². The third-order valence-electron chi connectivity index (χ3n) is 4.17. The summed E-state index contributed by atoms with van der Waals surface area (Å²) in [5.41, 5.74) is 2.71. The second-order valence-corrected chi connectivity index (χ2v) is 5.87. The highest BCUT2D eigenvalue weighted by molar-refractivity contribution is 5.27. The van der Waals surface area contributed by atoms with Gasteiger partial charge in [-0.05, 0) is 71.3 Å². The van der Waals surface area contributed by atoms with E-state index < -0.39 is 0 Å². The van der Waals surface area contributed by atoms with Crippen molar-refractivity contribution in [1.29, 1.82) is 0 Å². The van der Waals surface area contributed by atoms with Gasteiger partial charge in [0.15, 0.2) is 0 Å². The van der Waals surface area contributed by atoms with E-state index in [0.29, 0.717) is 12.1 Å². The van der Waals surface area contributed by atoms with Crippen LogP contribution < -0.4 is 5.32 Å². The van der Waals surface area contributed by atoms with Gasteiger partial charge in [0.1, 0.15) is 0 Å². The van der Waals surface area contributed by atoms with Crippen LogP contribution in [0.5, 0.6) is 0 Å². The zero-order chi connectivity index (χ0) is 13.7. The molecule has 1 aromatic rings. The van der Waals surface area contributed by atoms with Crippen LogP contribution in [0.25, 0.3) is 0 Å². The number of nitrogens with one attached hydrogen (secondary N) is 1. The van der Waals surface area contributed by atoms with Crippen molar-refractivity contribution < 1.29 is 0 Å². The second kappa shape index (κ2) is 7.01. The molecular weight excluding hydrogens is 234 g/mol. The Kier molecular flexibility index (Phi) is 5.34. The molecule has 3 nitrogen and oxygen atoms in total. The Bertz CT molecular complexity index is 389. The quantitative estimate of drug-likeness (QED) is 0.765. The molecule has 0 amide bonds. The van der Waals surface area contributed by atoms with E-state index in [9.17, 15) is 0 Å². The smallest absolute Gasteiger partial charge is 0.0605 e. The molecule has 2 rings (SSSR count). The van der Waals surface area contributed by atoms with E-state index in [2.05, 4.69) is 42.2 Å². The molecule has 19 heavy (non-hydrogen) atoms. The molecule has 0 spiro atoms. The van der Waals surface area contributed by atoms with Crippen LogP contribution in [0, 0.1) is 0 Å². The molecule has 106 valence electrons. The molecule has 1 aliphatic rings. The lowest BCUT2D eigenvalue weighted by atomic mass is 10.2. The molecule has 0 fully saturated rings. The summed E-state index contributed by atoms with van der Waals surface area (Å²) in [5.74, 6) is 0. The molecule has 1 heterocycles. The fourth-order valence-corrected chi connectivity index (χ4v) is 2.63. The average Bonchev–Trinajstić information content (AvgIpc) is 2.81. The van der Waals surface area contributed by atoms with Gasteiger partial charge in [0.2, 0.25) is 0 Å². The molecule has 0 aromatic carbocycles. The Labute approximate surface area is 117 Å². The zero-order valence-electron chi connectivity index (χ0n) is 12.5. The summed E-state index contributed by atoms with van der Waals surface area (Å²) in [6.07, 6.45) is 6.81. The van der Waals surface area contributed by atoms with Gasteiger partial charge in [-0.15, -0.1) is 0 Å². The van der Waals surface area contributed by atoms with Gasteiger partial charge in [0, 0.05) is 12.2 Å². The van der Waals surface area contributed by atoms with Crippen LogP contribution >= 0.6 is 0 Å². The van der Waals surface area contributed by atoms with E-state index in [1.54, 1.807) is 0 Å². The Morgan fingerprint density at radius 1 is 1.42 bits per heavy atom. The van der Waals surface area contributed by atoms with Crippen molar-refractivity contribution in [3.05, 3.63) is 29.6 Å². The topological polar surface area (TPSA) is 28.2 Å². The first-order chi connectivity index (χ1) is 9.18. The summed E-state index contributed by atoms with van der Waals surface area (Å²) in [6, 6.07) is 5.39. The van der Waals surface area contributed by atoms with Gasteiger partial charge in [0.25, 0.3) is 0 Å². The lowest BCUT2D eigenvalue weighted by Gasteiger charge is -2.21. The Morgan fingerprint density at radius 3 is 3.05 bits per heavy atom. The Morgan fingerprint density at radius 2 is 2.26 bits per heavy atom. The number of rotatable bonds is 7. The maximum Gasteiger partial charge on any atom is 0.0605 e. The van der Waals surface area contributed by atoms with Crippen LogP contribution in [-0.2, 0) is 6.42 Å². The van der Waals surface area contributed by atoms with E-state index in [1.165, 1.54) is 43.5 Å². The van der Waals surface area contributed by atoms with E-state index >= 15 is 0 Å². The highest BCUT2D eigenvalue weighted by Gasteiger charge is 2.22. The third-order valence-corrected chi connectivity index (χ3v) is 4.17. The maximum absolute atomic E-state index is 4.52. The monoisotopic (exact) mass is 261 g/mol. The largest absolute Gasteiger partial charge is 0.309 e. The predicted molar refractivity (Wildman–Crippen MR) is 80.3 cm³/mol. The molecule has 1 N–H and O–H groups in total. The van der Waals surface area contributed by atoms with Crippen molar-refractivity contribution >= 4 is 0 Å². The van der Waals surface area contributed by atoms with Crippen molar-refractivity contribution in [3.8, 4) is 0 Å². The minimum absolute atomic E-state index is 0.485. The summed E-state index contributed by atoms with van der Waals surface area (Å²) >= 11 is 0. The number of fused-ring (bicyclic) bond motifs is 1. The average molecular weight is 261 g/mol. The normalized spacial score (nSPS) is 18.3. The summed E-state index contributed by atoms with van der Waals surface area (Å²) in [6.45, 7) is 6.80. The molecule has 0 saturated heterocycles. The van der Waals surface area contributed by atoms with Gasteiger partial charge in [-0.2, -0.15) is 0 Å². The Hall–Kier alpha value is -0.930. The van der Waals surface area contributed by atoms with Crippen molar-refractivity contribution in [2.24, 2.45) is 0 Å². The highest BCUT2D eigenvalue weighted by Crippen LogP contribution is 2.28. The van der Waals surface area contributed by atoms with Gasteiger partial charge in [-0.3, -0.25) is 4.98 Å². The molecular formula is C16H27N3. The predicted octanol–water partition coefficient (Wildman–Crippen LogP) is 2.78. The summed E-state index contributed by atoms with van der Waals surface area (Å²) in [4.78, 5) is 6.93. The van der Waals surface area contributed by atoms with Crippen LogP contribution in [-0.4, -0.2) is 36.1 Å². The van der Waals surface area contributed by atoms with Crippen LogP contribution in [0.3, 0.4) is 0 Å². The van der Waals surface area contributed by atoms with Gasteiger partial charge >= 0.3 is 0 Å². The van der Waals surface area contributed by atoms with Crippen molar-refractivity contribution in [2.45, 2.75) is 51.6 Å². The van der Waals surface area contributed by atoms with Crippen LogP contribution in [0.15, 0.2) is 18.3 Å². The number of hydrogen-bond acceptors (Lipinski definition) is 3. The van der Waals surface area contributed by atoms with Gasteiger partial charge in [0.05, 0.1) is 11.7 Å². The lowest BCUT2D eigenvalue weighted by Crippen LogP contribution is -2.28. The molecule has 0 bridgehead atoms. The lowest BCUT2D eigenvalue weighted by molar-refractivity contribution is 0.267. The number of nitrogens with zero attached hydrogens (tertiary/aromatic N) is 2. The van der Waals surface area contributed by atoms with E-state index in [1.807, 2.05) is 12.3 Å². The van der Waals surface area contributed by atoms with Crippen molar-refractivity contribution in [3.63, 3.8) is 0 Å². The summed E-state index contributed by atoms with van der Waals surface area (Å²) < 4.78 is 0. The fraction of sp³-hybridized carbons (Fsp3) is 0.688. The maximum atomic E-state index is 4.52. The number of aryl methyl sites for hydroxylation is 1. The first-order valence-corrected chi connectivity index (χ1v) is 7.56. The molecule has 3 heteroatoms. The Balaban J connectivity index is 1.65. The molecule has 1 aromatic heterocycles. The van der Waals surface area contributed by atoms with E-state index in [0.717, 1.165) is 6.54 Å². The van der Waals surface area contributed by atoms with E-state index in [-0.39, 0.29) is 0 Å². The first-order valence-electron chi connectivity index (χ1n) is 7.56. The zero-order valence-corrected chi connectivity index (χ0v) is 12.5. The SMILES string of the molecule is CC(C)N(C)CCCCNC1CCc2cccnc21. The third kappa shape index (κ3) is 4.02. The summed E-state index contributed by atoms with van der Waals surface area (Å²) in [7, 11) is 2.20. The number of hydrogen-bond donors (Lipinski definition) is 1. The molecule has 1 unspecified atom stereocenters. The van der Waals surface area contributed by atoms with Crippen molar-refractivity contribution in [1.82, 2.24) is 15.2 Å². The van der Waals surface area contributed by atoms with Crippen molar-refractivity contribution in [2.75, 3.05) is 20.1 Å². The summed E-state index contributed by atoms with van der Waals surface area (Å²) in [5, 5.41) is 3.66. The van der Waals surface area contributed by atoms with Crippen LogP contribution in [0.2, 0.25) is 0 Å². The molecule has 1 atom stereocenters. The first kappa shape index (κ1) is 14.5. The van der Waals surface area contributed by atoms with E-state index in [4.69, 9.17) is 0 Å². The fourth-order valence-electron chi connectivity index (χ4n) is 2.63. The van der Waals surface area contributed by atoms with Gasteiger partial charge < -0.3 is 10.2 Å². The molecule has 1 aliphatic carbocycles. The number of unbranched alkanes of at least 4 members (excludes halogenated alkanes) is 1. The minimum Gasteiger partial charge on any atom is -0.309 e. The van der Waals surface area contributed by atoms with Gasteiger partial charge in [-0.1, -0.05) is 6.07 Å². The van der Waals surface area contributed by atoms with Crippen LogP contribution in [0.4, 0.5) is 0 Å². The number of pyridine rings is 1. The molecule has 0 radical (unpaired) electrons. The molecule has 0 aliphatic heterocycles. The number of aromatic nitrogens is 1.